The zero-order valence-corrected chi connectivity index (χ0v) is 27.8. The molecule has 12 nitrogen and oxygen atoms in total. The van der Waals surface area contributed by atoms with Gasteiger partial charge in [-0.2, -0.15) is 5.10 Å². The first-order valence-electron chi connectivity index (χ1n) is 15.6. The molecule has 2 unspecified atom stereocenters. The molecule has 5 heterocycles. The molecule has 3 aliphatic heterocycles. The quantitative estimate of drug-likeness (QED) is 0.320. The van der Waals surface area contributed by atoms with Crippen LogP contribution in [0.1, 0.15) is 73.0 Å². The summed E-state index contributed by atoms with van der Waals surface area (Å²) in [5, 5.41) is 7.66. The van der Waals surface area contributed by atoms with E-state index in [0.29, 0.717) is 40.8 Å². The normalized spacial score (nSPS) is 26.1. The lowest BCUT2D eigenvalue weighted by molar-refractivity contribution is -0.150. The van der Waals surface area contributed by atoms with E-state index >= 15 is 0 Å². The van der Waals surface area contributed by atoms with Gasteiger partial charge in [0.05, 0.1) is 17.1 Å². The minimum Gasteiger partial charge on any atom is -0.355 e. The number of anilines is 1. The van der Waals surface area contributed by atoms with E-state index in [1.807, 2.05) is 31.8 Å². The van der Waals surface area contributed by atoms with Crippen LogP contribution in [0.25, 0.3) is 10.1 Å². The van der Waals surface area contributed by atoms with Crippen LogP contribution in [0.3, 0.4) is 0 Å². The number of nitrogens with zero attached hydrogens (tertiary/aromatic N) is 5. The number of hydrogen-bond donors (Lipinski definition) is 3. The zero-order valence-electron chi connectivity index (χ0n) is 26.1. The molecular weight excluding hydrogens is 634 g/mol. The Balaban J connectivity index is 1.18. The Labute approximate surface area is 270 Å². The predicted molar refractivity (Wildman–Crippen MR) is 172 cm³/mol. The maximum atomic E-state index is 14.3. The third-order valence-corrected chi connectivity index (χ3v) is 11.9. The Kier molecular flexibility index (Phi) is 8.77. The molecule has 0 bridgehead atoms. The first kappa shape index (κ1) is 32.6. The van der Waals surface area contributed by atoms with Crippen molar-refractivity contribution in [1.29, 1.82) is 0 Å². The van der Waals surface area contributed by atoms with Gasteiger partial charge in [0.2, 0.25) is 17.7 Å². The smallest absolute Gasteiger partial charge is 0.355 e. The van der Waals surface area contributed by atoms with Crippen molar-refractivity contribution in [2.75, 3.05) is 25.0 Å². The highest BCUT2D eigenvalue weighted by molar-refractivity contribution is 7.51. The van der Waals surface area contributed by atoms with Crippen molar-refractivity contribution >= 4 is 52.6 Å². The van der Waals surface area contributed by atoms with Gasteiger partial charge in [0.15, 0.2) is 0 Å². The topological polar surface area (TPSA) is 148 Å². The number of hydrogen-bond acceptors (Lipinski definition) is 7. The van der Waals surface area contributed by atoms with Crippen LogP contribution in [0.4, 0.5) is 10.2 Å². The zero-order chi connectivity index (χ0) is 33.0. The number of alkyl halides is 1. The van der Waals surface area contributed by atoms with Gasteiger partial charge in [0.25, 0.3) is 5.91 Å². The van der Waals surface area contributed by atoms with Crippen LogP contribution in [0.15, 0.2) is 36.5 Å². The SMILES string of the molecule is CN(C(=O)[C@@H]1CC[C@]2(C)CCCC[C@H](NC(=O)c3cc4cc(C(F)P(=O)(O)O)ccc4s3)C(=O)N12)C1CCN(c2ccnn2C)C1. The van der Waals surface area contributed by atoms with E-state index in [1.165, 1.54) is 24.3 Å². The molecule has 3 fully saturated rings. The highest BCUT2D eigenvalue weighted by atomic mass is 32.1. The maximum absolute atomic E-state index is 14.3. The summed E-state index contributed by atoms with van der Waals surface area (Å²) >= 11 is 1.15. The molecule has 0 spiro atoms. The number of nitrogens with one attached hydrogen (secondary N) is 1. The first-order chi connectivity index (χ1) is 21.8. The minimum absolute atomic E-state index is 0.00235. The molecule has 3 saturated heterocycles. The Bertz CT molecular complexity index is 1710. The molecule has 0 aliphatic carbocycles. The molecule has 3 aliphatic rings. The number of thiophene rings is 1. The Morgan fingerprint density at radius 3 is 2.67 bits per heavy atom. The number of benzene rings is 1. The van der Waals surface area contributed by atoms with E-state index in [1.54, 1.807) is 16.0 Å². The maximum Gasteiger partial charge on any atom is 0.363 e. The molecule has 46 heavy (non-hydrogen) atoms. The summed E-state index contributed by atoms with van der Waals surface area (Å²) in [6.07, 6.45) is 6.68. The fourth-order valence-corrected chi connectivity index (χ4v) is 8.85. The average molecular weight is 675 g/mol. The van der Waals surface area contributed by atoms with Gasteiger partial charge < -0.3 is 29.8 Å². The monoisotopic (exact) mass is 674 g/mol. The van der Waals surface area contributed by atoms with Gasteiger partial charge in [-0.1, -0.05) is 18.9 Å². The van der Waals surface area contributed by atoms with Crippen LogP contribution in [-0.4, -0.2) is 90.9 Å². The number of fused-ring (bicyclic) bond motifs is 2. The van der Waals surface area contributed by atoms with Crippen LogP contribution in [0, 0.1) is 0 Å². The Morgan fingerprint density at radius 2 is 1.96 bits per heavy atom. The number of amides is 3. The summed E-state index contributed by atoms with van der Waals surface area (Å²) in [6.45, 7) is 3.53. The predicted octanol–water partition coefficient (Wildman–Crippen LogP) is 3.94. The van der Waals surface area contributed by atoms with Gasteiger partial charge in [-0.3, -0.25) is 23.6 Å². The Hall–Kier alpha value is -3.32. The highest BCUT2D eigenvalue weighted by Gasteiger charge is 2.51. The summed E-state index contributed by atoms with van der Waals surface area (Å²) in [6, 6.07) is 6.22. The molecule has 15 heteroatoms. The molecule has 1 aromatic carbocycles. The standard InChI is InChI=1S/C31H40FN6O6PS/c1-31-12-5-4-6-22(34-28(39)25-17-20-16-19(7-8-24(20)46-25)27(32)45(42,43)44)29(40)38(31)23(9-13-31)30(41)35(2)21-11-15-37(18-21)26-10-14-33-36(26)3/h7-8,10,14,16-17,21-23,27H,4-6,9,11-13,15,18H2,1-3H3,(H,34,39)(H2,42,43,44)/t21?,22-,23-,27?,31-/m0/s1. The first-order valence-corrected chi connectivity index (χ1v) is 18.1. The number of aromatic nitrogens is 2. The fourth-order valence-electron chi connectivity index (χ4n) is 7.36. The highest BCUT2D eigenvalue weighted by Crippen LogP contribution is 2.53. The lowest BCUT2D eigenvalue weighted by atomic mass is 9.88. The average Bonchev–Trinajstić information content (AvgIpc) is 3.81. The summed E-state index contributed by atoms with van der Waals surface area (Å²) in [4.78, 5) is 66.3. The van der Waals surface area contributed by atoms with E-state index in [4.69, 9.17) is 0 Å². The molecule has 0 saturated carbocycles. The number of likely N-dealkylation sites (N-methyl/N-ethyl adjacent to an activating group) is 1. The minimum atomic E-state index is -4.98. The van der Waals surface area contributed by atoms with Crippen molar-refractivity contribution in [2.24, 2.45) is 7.05 Å². The molecule has 0 radical (unpaired) electrons. The molecule has 2 aromatic heterocycles. The van der Waals surface area contributed by atoms with E-state index in [9.17, 15) is 33.1 Å². The lowest BCUT2D eigenvalue weighted by Gasteiger charge is -2.43. The second-order valence-corrected chi connectivity index (χ2v) is 15.7. The second-order valence-electron chi connectivity index (χ2n) is 13.0. The summed E-state index contributed by atoms with van der Waals surface area (Å²) in [7, 11) is -1.26. The largest absolute Gasteiger partial charge is 0.363 e. The second kappa shape index (κ2) is 12.4. The molecule has 5 atom stereocenters. The summed E-state index contributed by atoms with van der Waals surface area (Å²) in [5.74, 6) is -2.26. The van der Waals surface area contributed by atoms with Crippen molar-refractivity contribution in [3.05, 3.63) is 47.0 Å². The van der Waals surface area contributed by atoms with Crippen molar-refractivity contribution < 1.29 is 33.1 Å². The number of aryl methyl sites for hydroxylation is 1. The molecule has 248 valence electrons. The lowest BCUT2D eigenvalue weighted by Crippen LogP contribution is -2.60. The summed E-state index contributed by atoms with van der Waals surface area (Å²) < 4.78 is 28.2. The third kappa shape index (κ3) is 6.08. The summed E-state index contributed by atoms with van der Waals surface area (Å²) in [5.41, 5.74) is -0.662. The fraction of sp³-hybridized carbons (Fsp3) is 0.548. The van der Waals surface area contributed by atoms with Gasteiger partial charge in [-0.25, -0.2) is 4.39 Å². The van der Waals surface area contributed by atoms with Gasteiger partial charge in [-0.15, -0.1) is 11.3 Å². The van der Waals surface area contributed by atoms with Crippen LogP contribution in [-0.2, 0) is 21.2 Å². The molecule has 6 rings (SSSR count). The van der Waals surface area contributed by atoms with Crippen molar-refractivity contribution in [1.82, 2.24) is 24.9 Å². The van der Waals surface area contributed by atoms with Gasteiger partial charge in [-0.05, 0) is 68.2 Å². The van der Waals surface area contributed by atoms with E-state index in [0.717, 1.165) is 49.4 Å². The van der Waals surface area contributed by atoms with E-state index in [2.05, 4.69) is 15.3 Å². The molecule has 3 N–H and O–H groups in total. The van der Waals surface area contributed by atoms with Crippen LogP contribution in [0.5, 0.6) is 0 Å². The van der Waals surface area contributed by atoms with E-state index in [-0.39, 0.29) is 23.4 Å². The van der Waals surface area contributed by atoms with E-state index < -0.39 is 37.0 Å². The van der Waals surface area contributed by atoms with Crippen molar-refractivity contribution in [2.45, 2.75) is 81.4 Å². The van der Waals surface area contributed by atoms with Crippen LogP contribution >= 0.6 is 18.9 Å². The molecule has 3 aromatic rings. The van der Waals surface area contributed by atoms with Crippen molar-refractivity contribution in [3.63, 3.8) is 0 Å². The number of carbonyl (C=O) groups excluding carboxylic acids is 3. The van der Waals surface area contributed by atoms with Crippen molar-refractivity contribution in [3.8, 4) is 0 Å². The molecular formula is C31H40FN6O6PS. The van der Waals surface area contributed by atoms with Crippen LogP contribution in [0.2, 0.25) is 0 Å². The Morgan fingerprint density at radius 1 is 1.17 bits per heavy atom. The van der Waals surface area contributed by atoms with Gasteiger partial charge >= 0.3 is 7.60 Å². The van der Waals surface area contributed by atoms with Crippen LogP contribution < -0.4 is 10.2 Å². The number of halogens is 1. The number of rotatable bonds is 7. The van der Waals surface area contributed by atoms with Gasteiger partial charge in [0.1, 0.15) is 17.9 Å². The third-order valence-electron chi connectivity index (χ3n) is 9.95. The number of carbonyl (C=O) groups is 3. The van der Waals surface area contributed by atoms with Gasteiger partial charge in [0, 0.05) is 43.5 Å². The molecule has 3 amide bonds.